The monoisotopic (exact) mass is 347 g/mol. The smallest absolute Gasteiger partial charge is 0.410 e. The van der Waals surface area contributed by atoms with E-state index in [1.807, 2.05) is 32.9 Å². The van der Waals surface area contributed by atoms with Crippen molar-refractivity contribution in [1.82, 2.24) is 14.8 Å². The van der Waals surface area contributed by atoms with Gasteiger partial charge in [0.2, 0.25) is 5.91 Å². The molecule has 3 rings (SSSR count). The summed E-state index contributed by atoms with van der Waals surface area (Å²) in [7, 11) is 0. The molecule has 1 aromatic heterocycles. The molecule has 2 saturated heterocycles. The van der Waals surface area contributed by atoms with Crippen molar-refractivity contribution in [2.45, 2.75) is 51.4 Å². The summed E-state index contributed by atoms with van der Waals surface area (Å²) in [5.74, 6) is 0.685. The van der Waals surface area contributed by atoms with Crippen molar-refractivity contribution < 1.29 is 19.1 Å². The molecule has 0 aliphatic carbocycles. The molecule has 0 N–H and O–H groups in total. The third-order valence-corrected chi connectivity index (χ3v) is 4.26. The Morgan fingerprint density at radius 1 is 1.28 bits per heavy atom. The van der Waals surface area contributed by atoms with E-state index in [2.05, 4.69) is 4.98 Å². The van der Waals surface area contributed by atoms with Gasteiger partial charge in [-0.05, 0) is 45.7 Å². The molecule has 1 aromatic rings. The Bertz CT molecular complexity index is 623. The van der Waals surface area contributed by atoms with Crippen LogP contribution in [-0.2, 0) is 9.53 Å². The lowest BCUT2D eigenvalue weighted by Gasteiger charge is -2.41. The van der Waals surface area contributed by atoms with Gasteiger partial charge in [-0.1, -0.05) is 0 Å². The summed E-state index contributed by atoms with van der Waals surface area (Å²) in [6, 6.07) is 3.24. The van der Waals surface area contributed by atoms with E-state index in [4.69, 9.17) is 9.47 Å². The van der Waals surface area contributed by atoms with Crippen LogP contribution in [-0.4, -0.2) is 64.2 Å². The molecule has 3 heterocycles. The fourth-order valence-corrected chi connectivity index (χ4v) is 3.08. The zero-order valence-corrected chi connectivity index (χ0v) is 15.0. The van der Waals surface area contributed by atoms with Crippen LogP contribution in [0.15, 0.2) is 24.5 Å². The average Bonchev–Trinajstić information content (AvgIpc) is 2.99. The van der Waals surface area contributed by atoms with Gasteiger partial charge in [-0.25, -0.2) is 4.79 Å². The van der Waals surface area contributed by atoms with Crippen LogP contribution < -0.4 is 4.74 Å². The summed E-state index contributed by atoms with van der Waals surface area (Å²) in [4.78, 5) is 32.3. The predicted molar refractivity (Wildman–Crippen MR) is 91.2 cm³/mol. The van der Waals surface area contributed by atoms with Crippen LogP contribution >= 0.6 is 0 Å². The maximum absolute atomic E-state index is 12.7. The van der Waals surface area contributed by atoms with Crippen LogP contribution in [0.25, 0.3) is 0 Å². The number of aromatic nitrogens is 1. The van der Waals surface area contributed by atoms with Crippen LogP contribution in [0.5, 0.6) is 5.75 Å². The maximum atomic E-state index is 12.7. The summed E-state index contributed by atoms with van der Waals surface area (Å²) in [5.41, 5.74) is -0.563. The van der Waals surface area contributed by atoms with Gasteiger partial charge < -0.3 is 14.4 Å². The number of ether oxygens (including phenoxy) is 2. The molecule has 2 fully saturated rings. The minimum Gasteiger partial charge on any atom is -0.485 e. The molecule has 0 saturated carbocycles. The molecule has 0 unspecified atom stereocenters. The highest BCUT2D eigenvalue weighted by Gasteiger charge is 2.42. The number of carbonyl (C=O) groups excluding carboxylic acids is 2. The number of nitrogens with zero attached hydrogens (tertiary/aromatic N) is 3. The number of hydrogen-bond acceptors (Lipinski definition) is 5. The van der Waals surface area contributed by atoms with Crippen molar-refractivity contribution >= 4 is 12.0 Å². The molecule has 7 nitrogen and oxygen atoms in total. The maximum Gasteiger partial charge on any atom is 0.410 e. The Morgan fingerprint density at radius 3 is 2.68 bits per heavy atom. The average molecular weight is 347 g/mol. The number of rotatable bonds is 3. The normalized spacial score (nSPS) is 21.0. The second kappa shape index (κ2) is 6.90. The molecule has 0 spiro atoms. The first-order valence-electron chi connectivity index (χ1n) is 8.68. The van der Waals surface area contributed by atoms with Crippen molar-refractivity contribution in [3.05, 3.63) is 24.5 Å². The fourth-order valence-electron chi connectivity index (χ4n) is 3.08. The topological polar surface area (TPSA) is 72.0 Å². The Morgan fingerprint density at radius 2 is 2.04 bits per heavy atom. The van der Waals surface area contributed by atoms with E-state index in [0.29, 0.717) is 31.8 Å². The Balaban J connectivity index is 1.52. The molecular formula is C18H25N3O4. The molecule has 0 bridgehead atoms. The first-order valence-corrected chi connectivity index (χ1v) is 8.68. The van der Waals surface area contributed by atoms with Gasteiger partial charge >= 0.3 is 6.09 Å². The highest BCUT2D eigenvalue weighted by Crippen LogP contribution is 2.25. The van der Waals surface area contributed by atoms with Gasteiger partial charge in [0.1, 0.15) is 23.5 Å². The van der Waals surface area contributed by atoms with Gasteiger partial charge in [-0.2, -0.15) is 0 Å². The minimum absolute atomic E-state index is 0.0191. The Labute approximate surface area is 147 Å². The van der Waals surface area contributed by atoms with Crippen LogP contribution in [0.3, 0.4) is 0 Å². The fraction of sp³-hybridized carbons (Fsp3) is 0.611. The summed E-state index contributed by atoms with van der Waals surface area (Å²) in [6.45, 7) is 7.11. The largest absolute Gasteiger partial charge is 0.485 e. The van der Waals surface area contributed by atoms with Crippen molar-refractivity contribution in [2.24, 2.45) is 0 Å². The number of likely N-dealkylation sites (tertiary alicyclic amines) is 2. The lowest BCUT2D eigenvalue weighted by molar-refractivity contribution is -0.144. The third kappa shape index (κ3) is 4.21. The second-order valence-corrected chi connectivity index (χ2v) is 7.50. The first-order chi connectivity index (χ1) is 11.8. The van der Waals surface area contributed by atoms with Gasteiger partial charge in [0, 0.05) is 12.7 Å². The molecule has 1 atom stereocenters. The molecule has 2 amide bonds. The van der Waals surface area contributed by atoms with E-state index in [9.17, 15) is 9.59 Å². The summed E-state index contributed by atoms with van der Waals surface area (Å²) < 4.78 is 11.2. The summed E-state index contributed by atoms with van der Waals surface area (Å²) in [6.07, 6.45) is 4.42. The van der Waals surface area contributed by atoms with Crippen molar-refractivity contribution in [2.75, 3.05) is 19.6 Å². The Kier molecular flexibility index (Phi) is 4.83. The van der Waals surface area contributed by atoms with Gasteiger partial charge in [0.25, 0.3) is 0 Å². The Hall–Kier alpha value is -2.31. The standard InChI is InChI=1S/C18H25N3O4/c1-18(2,3)25-17(23)21-9-5-7-15(21)16(22)20-11-14(12-20)24-13-6-4-8-19-10-13/h4,6,8,10,14-15H,5,7,9,11-12H2,1-3H3/t15-/m0/s1. The third-order valence-electron chi connectivity index (χ3n) is 4.26. The number of pyridine rings is 1. The van der Waals surface area contributed by atoms with Crippen molar-refractivity contribution in [3.63, 3.8) is 0 Å². The minimum atomic E-state index is -0.563. The van der Waals surface area contributed by atoms with Crippen LogP contribution in [0.1, 0.15) is 33.6 Å². The molecule has 25 heavy (non-hydrogen) atoms. The first kappa shape index (κ1) is 17.5. The molecule has 2 aliphatic heterocycles. The number of hydrogen-bond donors (Lipinski definition) is 0. The van der Waals surface area contributed by atoms with E-state index < -0.39 is 17.7 Å². The molecule has 7 heteroatoms. The predicted octanol–water partition coefficient (Wildman–Crippen LogP) is 2.07. The quantitative estimate of drug-likeness (QED) is 0.837. The molecule has 136 valence electrons. The van der Waals surface area contributed by atoms with Gasteiger partial charge in [0.15, 0.2) is 0 Å². The van der Waals surface area contributed by atoms with Gasteiger partial charge in [-0.3, -0.25) is 14.7 Å². The lowest BCUT2D eigenvalue weighted by Crippen LogP contribution is -2.60. The van der Waals surface area contributed by atoms with E-state index in [1.165, 1.54) is 0 Å². The van der Waals surface area contributed by atoms with Crippen molar-refractivity contribution in [1.29, 1.82) is 0 Å². The van der Waals surface area contributed by atoms with E-state index >= 15 is 0 Å². The summed E-state index contributed by atoms with van der Waals surface area (Å²) in [5, 5.41) is 0. The molecule has 0 aromatic carbocycles. The molecular weight excluding hydrogens is 322 g/mol. The van der Waals surface area contributed by atoms with E-state index in [-0.39, 0.29) is 12.0 Å². The zero-order chi connectivity index (χ0) is 18.0. The van der Waals surface area contributed by atoms with Gasteiger partial charge in [-0.15, -0.1) is 0 Å². The summed E-state index contributed by atoms with van der Waals surface area (Å²) >= 11 is 0. The zero-order valence-electron chi connectivity index (χ0n) is 15.0. The number of carbonyl (C=O) groups is 2. The molecule has 2 aliphatic rings. The van der Waals surface area contributed by atoms with Crippen molar-refractivity contribution in [3.8, 4) is 5.75 Å². The second-order valence-electron chi connectivity index (χ2n) is 7.50. The SMILES string of the molecule is CC(C)(C)OC(=O)N1CCC[C@H]1C(=O)N1CC(Oc2cccnc2)C1. The van der Waals surface area contributed by atoms with Crippen LogP contribution in [0.2, 0.25) is 0 Å². The number of amides is 2. The molecule has 0 radical (unpaired) electrons. The van der Waals surface area contributed by atoms with E-state index in [0.717, 1.165) is 6.42 Å². The highest BCUT2D eigenvalue weighted by atomic mass is 16.6. The van der Waals surface area contributed by atoms with Gasteiger partial charge in [0.05, 0.1) is 19.3 Å². The van der Waals surface area contributed by atoms with E-state index in [1.54, 1.807) is 22.2 Å². The van der Waals surface area contributed by atoms with Crippen LogP contribution in [0.4, 0.5) is 4.79 Å². The van der Waals surface area contributed by atoms with Crippen LogP contribution in [0, 0.1) is 0 Å². The highest BCUT2D eigenvalue weighted by molar-refractivity contribution is 5.87. The lowest BCUT2D eigenvalue weighted by atomic mass is 10.1.